The molecule has 0 fully saturated rings. The number of ether oxygens (including phenoxy) is 1. The molecule has 0 aliphatic carbocycles. The van der Waals surface area contributed by atoms with Crippen molar-refractivity contribution in [3.63, 3.8) is 0 Å². The van der Waals surface area contributed by atoms with Crippen molar-refractivity contribution >= 4 is 18.2 Å². The lowest BCUT2D eigenvalue weighted by molar-refractivity contribution is -0.137. The van der Waals surface area contributed by atoms with Gasteiger partial charge in [-0.2, -0.15) is 0 Å². The fourth-order valence-electron chi connectivity index (χ4n) is 0.479. The average molecular weight is 173 g/mol. The molecule has 0 aliphatic heterocycles. The van der Waals surface area contributed by atoms with Crippen LogP contribution in [-0.2, 0) is 14.3 Å². The quantitative estimate of drug-likeness (QED) is 0.472. The van der Waals surface area contributed by atoms with Gasteiger partial charge in [-0.15, -0.1) is 0 Å². The number of aliphatic imine (C=N–C) groups is 1. The van der Waals surface area contributed by atoms with E-state index in [2.05, 4.69) is 9.73 Å². The minimum atomic E-state index is -0.934. The summed E-state index contributed by atoms with van der Waals surface area (Å²) >= 11 is 0. The number of aliphatic carboxylic acids is 1. The number of carboxylic acid groups (broad SMARTS) is 1. The summed E-state index contributed by atoms with van der Waals surface area (Å²) in [5.74, 6) is -1.47. The van der Waals surface area contributed by atoms with Crippen LogP contribution >= 0.6 is 0 Å². The summed E-state index contributed by atoms with van der Waals surface area (Å²) in [6.07, 6.45) is 0.919. The molecule has 0 heterocycles. The second-order valence-electron chi connectivity index (χ2n) is 1.93. The van der Waals surface area contributed by atoms with E-state index >= 15 is 0 Å². The Labute approximate surface area is 70.1 Å². The molecule has 0 aromatic rings. The van der Waals surface area contributed by atoms with Crippen molar-refractivity contribution in [2.45, 2.75) is 13.3 Å². The second-order valence-corrected chi connectivity index (χ2v) is 1.93. The van der Waals surface area contributed by atoms with E-state index < -0.39 is 11.9 Å². The van der Waals surface area contributed by atoms with Crippen LogP contribution in [0.4, 0.5) is 0 Å². The minimum Gasteiger partial charge on any atom is -0.481 e. The SMILES string of the molecule is CCOC(=O)C=NCCC(=O)O. The summed E-state index contributed by atoms with van der Waals surface area (Å²) in [5.41, 5.74) is 0. The molecular weight excluding hydrogens is 162 g/mol. The summed E-state index contributed by atoms with van der Waals surface area (Å²) in [6, 6.07) is 0. The van der Waals surface area contributed by atoms with Crippen LogP contribution in [0.25, 0.3) is 0 Å². The molecule has 0 amide bonds. The van der Waals surface area contributed by atoms with E-state index in [0.717, 1.165) is 6.21 Å². The Hall–Kier alpha value is -1.39. The maximum atomic E-state index is 10.6. The number of hydrogen-bond acceptors (Lipinski definition) is 4. The molecule has 5 nitrogen and oxygen atoms in total. The summed E-state index contributed by atoms with van der Waals surface area (Å²) in [7, 11) is 0. The van der Waals surface area contributed by atoms with E-state index in [1.165, 1.54) is 0 Å². The van der Waals surface area contributed by atoms with E-state index in [1.807, 2.05) is 0 Å². The standard InChI is InChI=1S/C7H11NO4/c1-2-12-7(11)5-8-4-3-6(9)10/h5H,2-4H2,1H3,(H,9,10). The van der Waals surface area contributed by atoms with Crippen LogP contribution in [-0.4, -0.2) is 36.4 Å². The van der Waals surface area contributed by atoms with Crippen molar-refractivity contribution in [2.75, 3.05) is 13.2 Å². The Morgan fingerprint density at radius 2 is 2.25 bits per heavy atom. The molecule has 0 aliphatic rings. The summed E-state index contributed by atoms with van der Waals surface area (Å²) in [4.78, 5) is 24.1. The van der Waals surface area contributed by atoms with E-state index in [4.69, 9.17) is 5.11 Å². The van der Waals surface area contributed by atoms with Crippen LogP contribution in [0.1, 0.15) is 13.3 Å². The van der Waals surface area contributed by atoms with Crippen LogP contribution in [0.5, 0.6) is 0 Å². The lowest BCUT2D eigenvalue weighted by Gasteiger charge is -1.93. The molecule has 0 unspecified atom stereocenters. The van der Waals surface area contributed by atoms with Crippen molar-refractivity contribution in [2.24, 2.45) is 4.99 Å². The first-order chi connectivity index (χ1) is 5.66. The molecule has 0 spiro atoms. The molecule has 0 atom stereocenters. The molecule has 5 heteroatoms. The zero-order chi connectivity index (χ0) is 9.40. The van der Waals surface area contributed by atoms with Crippen LogP contribution < -0.4 is 0 Å². The highest BCUT2D eigenvalue weighted by Gasteiger charge is 1.95. The maximum Gasteiger partial charge on any atom is 0.348 e. The van der Waals surface area contributed by atoms with Gasteiger partial charge in [0.05, 0.1) is 13.0 Å². The zero-order valence-electron chi connectivity index (χ0n) is 6.82. The van der Waals surface area contributed by atoms with Crippen LogP contribution in [0, 0.1) is 0 Å². The molecule has 1 N–H and O–H groups in total. The summed E-state index contributed by atoms with van der Waals surface area (Å²) in [6.45, 7) is 2.08. The highest BCUT2D eigenvalue weighted by molar-refractivity contribution is 6.23. The second kappa shape index (κ2) is 6.33. The predicted octanol–water partition coefficient (Wildman–Crippen LogP) is 0.0950. The first-order valence-corrected chi connectivity index (χ1v) is 3.55. The van der Waals surface area contributed by atoms with Crippen molar-refractivity contribution < 1.29 is 19.4 Å². The Kier molecular flexibility index (Phi) is 5.60. The van der Waals surface area contributed by atoms with Crippen molar-refractivity contribution in [3.8, 4) is 0 Å². The average Bonchev–Trinajstić information content (AvgIpc) is 1.98. The Balaban J connectivity index is 3.48. The van der Waals surface area contributed by atoms with Crippen molar-refractivity contribution in [3.05, 3.63) is 0 Å². The van der Waals surface area contributed by atoms with Crippen molar-refractivity contribution in [1.82, 2.24) is 0 Å². The third-order valence-electron chi connectivity index (χ3n) is 0.938. The number of rotatable bonds is 5. The Morgan fingerprint density at radius 1 is 1.58 bits per heavy atom. The van der Waals surface area contributed by atoms with Crippen LogP contribution in [0.2, 0.25) is 0 Å². The molecule has 0 saturated carbocycles. The van der Waals surface area contributed by atoms with Crippen LogP contribution in [0.3, 0.4) is 0 Å². The van der Waals surface area contributed by atoms with Gasteiger partial charge in [-0.1, -0.05) is 0 Å². The highest BCUT2D eigenvalue weighted by atomic mass is 16.5. The molecule has 0 saturated heterocycles. The third kappa shape index (κ3) is 6.73. The largest absolute Gasteiger partial charge is 0.481 e. The number of carbonyl (C=O) groups is 2. The summed E-state index contributed by atoms with van der Waals surface area (Å²) in [5, 5.41) is 8.19. The van der Waals surface area contributed by atoms with Gasteiger partial charge < -0.3 is 9.84 Å². The first-order valence-electron chi connectivity index (χ1n) is 3.55. The summed E-state index contributed by atoms with van der Waals surface area (Å²) < 4.78 is 4.51. The topological polar surface area (TPSA) is 76.0 Å². The van der Waals surface area contributed by atoms with E-state index in [-0.39, 0.29) is 13.0 Å². The monoisotopic (exact) mass is 173 g/mol. The van der Waals surface area contributed by atoms with Gasteiger partial charge in [-0.3, -0.25) is 9.79 Å². The molecular formula is C7H11NO4. The molecule has 0 radical (unpaired) electrons. The fourth-order valence-corrected chi connectivity index (χ4v) is 0.479. The van der Waals surface area contributed by atoms with Gasteiger partial charge in [0.1, 0.15) is 6.21 Å². The first kappa shape index (κ1) is 10.6. The molecule has 0 bridgehead atoms. The van der Waals surface area contributed by atoms with Gasteiger partial charge in [0, 0.05) is 6.54 Å². The van der Waals surface area contributed by atoms with Gasteiger partial charge >= 0.3 is 11.9 Å². The molecule has 0 aromatic heterocycles. The van der Waals surface area contributed by atoms with Gasteiger partial charge in [0.25, 0.3) is 0 Å². The van der Waals surface area contributed by atoms with Gasteiger partial charge in [0.2, 0.25) is 0 Å². The van der Waals surface area contributed by atoms with E-state index in [9.17, 15) is 9.59 Å². The number of carbonyl (C=O) groups excluding carboxylic acids is 1. The lowest BCUT2D eigenvalue weighted by Crippen LogP contribution is -2.06. The smallest absolute Gasteiger partial charge is 0.348 e. The number of hydrogen-bond donors (Lipinski definition) is 1. The Morgan fingerprint density at radius 3 is 2.75 bits per heavy atom. The maximum absolute atomic E-state index is 10.6. The van der Waals surface area contributed by atoms with E-state index in [0.29, 0.717) is 6.61 Å². The van der Waals surface area contributed by atoms with Gasteiger partial charge in [-0.25, -0.2) is 4.79 Å². The number of esters is 1. The molecule has 12 heavy (non-hydrogen) atoms. The Bertz CT molecular complexity index is 188. The number of carboxylic acids is 1. The zero-order valence-corrected chi connectivity index (χ0v) is 6.82. The number of nitrogens with zero attached hydrogens (tertiary/aromatic N) is 1. The lowest BCUT2D eigenvalue weighted by atomic mass is 10.4. The minimum absolute atomic E-state index is 0.0735. The normalized spacial score (nSPS) is 10.1. The van der Waals surface area contributed by atoms with E-state index in [1.54, 1.807) is 6.92 Å². The van der Waals surface area contributed by atoms with Crippen LogP contribution in [0.15, 0.2) is 4.99 Å². The van der Waals surface area contributed by atoms with Gasteiger partial charge in [-0.05, 0) is 6.92 Å². The highest BCUT2D eigenvalue weighted by Crippen LogP contribution is 1.80. The molecule has 0 aromatic carbocycles. The fraction of sp³-hybridized carbons (Fsp3) is 0.571. The molecule has 0 rings (SSSR count). The van der Waals surface area contributed by atoms with Gasteiger partial charge in [0.15, 0.2) is 0 Å². The van der Waals surface area contributed by atoms with Crippen molar-refractivity contribution in [1.29, 1.82) is 0 Å². The predicted molar refractivity (Wildman–Crippen MR) is 42.2 cm³/mol. The molecule has 68 valence electrons. The third-order valence-corrected chi connectivity index (χ3v) is 0.938.